The van der Waals surface area contributed by atoms with Gasteiger partial charge in [0.2, 0.25) is 0 Å². The zero-order valence-electron chi connectivity index (χ0n) is 12.7. The number of hydrogen-bond acceptors (Lipinski definition) is 4. The Hall–Kier alpha value is -2.86. The third-order valence-corrected chi connectivity index (χ3v) is 3.32. The van der Waals surface area contributed by atoms with Crippen LogP contribution < -0.4 is 10.1 Å². The summed E-state index contributed by atoms with van der Waals surface area (Å²) >= 11 is 5.81. The van der Waals surface area contributed by atoms with Gasteiger partial charge in [0.15, 0.2) is 12.4 Å². The third kappa shape index (κ3) is 4.57. The van der Waals surface area contributed by atoms with Crippen molar-refractivity contribution in [1.29, 1.82) is 0 Å². The molecule has 0 aliphatic heterocycles. The van der Waals surface area contributed by atoms with Gasteiger partial charge in [-0.05, 0) is 37.3 Å². The molecule has 1 amide bonds. The number of hydrogen-bond donors (Lipinski definition) is 2. The standard InChI is InChI=1S/C17H14ClNO5/c1-10(20)11-3-2-4-13(7-11)19-16(21)9-24-15-8-12(18)5-6-14(15)17(22)23/h2-8H,9H2,1H3,(H,19,21)(H,22,23). The Morgan fingerprint density at radius 2 is 1.92 bits per heavy atom. The van der Waals surface area contributed by atoms with Gasteiger partial charge in [0.1, 0.15) is 11.3 Å². The van der Waals surface area contributed by atoms with Crippen molar-refractivity contribution in [1.82, 2.24) is 0 Å². The van der Waals surface area contributed by atoms with E-state index in [1.165, 1.54) is 25.1 Å². The van der Waals surface area contributed by atoms with Crippen LogP contribution in [0.4, 0.5) is 5.69 Å². The second-order valence-electron chi connectivity index (χ2n) is 4.92. The quantitative estimate of drug-likeness (QED) is 0.782. The van der Waals surface area contributed by atoms with Crippen LogP contribution in [0.3, 0.4) is 0 Å². The van der Waals surface area contributed by atoms with Gasteiger partial charge in [-0.1, -0.05) is 23.7 Å². The molecule has 2 N–H and O–H groups in total. The van der Waals surface area contributed by atoms with Crippen LogP contribution in [0.15, 0.2) is 42.5 Å². The lowest BCUT2D eigenvalue weighted by Crippen LogP contribution is -2.21. The summed E-state index contributed by atoms with van der Waals surface area (Å²) in [5.41, 5.74) is 0.823. The lowest BCUT2D eigenvalue weighted by molar-refractivity contribution is -0.118. The third-order valence-electron chi connectivity index (χ3n) is 3.09. The molecule has 0 aliphatic carbocycles. The Morgan fingerprint density at radius 3 is 2.58 bits per heavy atom. The van der Waals surface area contributed by atoms with E-state index >= 15 is 0 Å². The van der Waals surface area contributed by atoms with Crippen LogP contribution in [0, 0.1) is 0 Å². The van der Waals surface area contributed by atoms with Crippen LogP contribution in [-0.4, -0.2) is 29.4 Å². The van der Waals surface area contributed by atoms with Crippen molar-refractivity contribution in [2.45, 2.75) is 6.92 Å². The van der Waals surface area contributed by atoms with E-state index in [-0.39, 0.29) is 17.1 Å². The first kappa shape index (κ1) is 17.5. The van der Waals surface area contributed by atoms with Crippen molar-refractivity contribution in [3.05, 3.63) is 58.6 Å². The smallest absolute Gasteiger partial charge is 0.339 e. The minimum Gasteiger partial charge on any atom is -0.483 e. The molecule has 2 aromatic rings. The highest BCUT2D eigenvalue weighted by Crippen LogP contribution is 2.23. The van der Waals surface area contributed by atoms with Gasteiger partial charge in [-0.3, -0.25) is 9.59 Å². The number of halogens is 1. The average molecular weight is 348 g/mol. The number of rotatable bonds is 6. The van der Waals surface area contributed by atoms with Crippen LogP contribution in [0.25, 0.3) is 0 Å². The van der Waals surface area contributed by atoms with E-state index in [1.807, 2.05) is 0 Å². The number of aromatic carboxylic acids is 1. The summed E-state index contributed by atoms with van der Waals surface area (Å²) in [6, 6.07) is 10.5. The predicted molar refractivity (Wildman–Crippen MR) is 89.0 cm³/mol. The molecule has 6 nitrogen and oxygen atoms in total. The maximum atomic E-state index is 11.9. The molecule has 0 spiro atoms. The predicted octanol–water partition coefficient (Wildman–Crippen LogP) is 3.26. The second-order valence-corrected chi connectivity index (χ2v) is 5.36. The summed E-state index contributed by atoms with van der Waals surface area (Å²) in [4.78, 5) is 34.4. The van der Waals surface area contributed by atoms with Gasteiger partial charge in [-0.2, -0.15) is 0 Å². The van der Waals surface area contributed by atoms with Gasteiger partial charge in [0, 0.05) is 16.3 Å². The van der Waals surface area contributed by atoms with Crippen LogP contribution in [0.2, 0.25) is 5.02 Å². The fourth-order valence-electron chi connectivity index (χ4n) is 1.95. The van der Waals surface area contributed by atoms with Crippen molar-refractivity contribution in [3.63, 3.8) is 0 Å². The van der Waals surface area contributed by atoms with Gasteiger partial charge in [-0.15, -0.1) is 0 Å². The van der Waals surface area contributed by atoms with Crippen LogP contribution in [0.1, 0.15) is 27.6 Å². The molecule has 0 heterocycles. The summed E-state index contributed by atoms with van der Waals surface area (Å²) in [6.45, 7) is 1.03. The lowest BCUT2D eigenvalue weighted by Gasteiger charge is -2.10. The number of ketones is 1. The number of carboxylic acid groups (broad SMARTS) is 1. The molecule has 24 heavy (non-hydrogen) atoms. The van der Waals surface area contributed by atoms with Crippen LogP contribution in [0.5, 0.6) is 5.75 Å². The molecule has 0 radical (unpaired) electrons. The first-order valence-electron chi connectivity index (χ1n) is 6.93. The number of carbonyl (C=O) groups is 3. The highest BCUT2D eigenvalue weighted by Gasteiger charge is 2.13. The summed E-state index contributed by atoms with van der Waals surface area (Å²) in [6.07, 6.45) is 0. The van der Waals surface area contributed by atoms with E-state index in [0.29, 0.717) is 16.3 Å². The second kappa shape index (κ2) is 7.61. The lowest BCUT2D eigenvalue weighted by atomic mass is 10.1. The maximum Gasteiger partial charge on any atom is 0.339 e. The zero-order valence-corrected chi connectivity index (χ0v) is 13.5. The van der Waals surface area contributed by atoms with Crippen molar-refractivity contribution in [3.8, 4) is 5.75 Å². The molecule has 0 aliphatic rings. The molecule has 0 saturated heterocycles. The highest BCUT2D eigenvalue weighted by molar-refractivity contribution is 6.30. The molecule has 7 heteroatoms. The topological polar surface area (TPSA) is 92.7 Å². The molecule has 2 rings (SSSR count). The fourth-order valence-corrected chi connectivity index (χ4v) is 2.11. The first-order valence-corrected chi connectivity index (χ1v) is 7.31. The van der Waals surface area contributed by atoms with Gasteiger partial charge < -0.3 is 15.2 Å². The molecule has 0 atom stereocenters. The van der Waals surface area contributed by atoms with Crippen molar-refractivity contribution < 1.29 is 24.2 Å². The average Bonchev–Trinajstić information content (AvgIpc) is 2.53. The number of carbonyl (C=O) groups excluding carboxylic acids is 2. The van der Waals surface area contributed by atoms with Gasteiger partial charge >= 0.3 is 5.97 Å². The summed E-state index contributed by atoms with van der Waals surface area (Å²) in [7, 11) is 0. The molecule has 0 saturated carbocycles. The van der Waals surface area contributed by atoms with Crippen molar-refractivity contribution in [2.75, 3.05) is 11.9 Å². The number of Topliss-reactive ketones (excluding diaryl/α,β-unsaturated/α-hetero) is 1. The van der Waals surface area contributed by atoms with E-state index in [0.717, 1.165) is 0 Å². The van der Waals surface area contributed by atoms with Gasteiger partial charge in [-0.25, -0.2) is 4.79 Å². The Bertz CT molecular complexity index is 803. The van der Waals surface area contributed by atoms with Gasteiger partial charge in [0.25, 0.3) is 5.91 Å². The molecule has 0 unspecified atom stereocenters. The van der Waals surface area contributed by atoms with Crippen molar-refractivity contribution >= 4 is 34.9 Å². The largest absolute Gasteiger partial charge is 0.483 e. The molecule has 124 valence electrons. The van der Waals surface area contributed by atoms with E-state index in [1.54, 1.807) is 24.3 Å². The molecular formula is C17H14ClNO5. The van der Waals surface area contributed by atoms with Crippen LogP contribution >= 0.6 is 11.6 Å². The molecular weight excluding hydrogens is 334 g/mol. The normalized spacial score (nSPS) is 10.1. The number of benzene rings is 2. The molecule has 0 aromatic heterocycles. The number of amides is 1. The van der Waals surface area contributed by atoms with Crippen LogP contribution in [-0.2, 0) is 4.79 Å². The van der Waals surface area contributed by atoms with Crippen molar-refractivity contribution in [2.24, 2.45) is 0 Å². The Balaban J connectivity index is 2.04. The van der Waals surface area contributed by atoms with Gasteiger partial charge in [0.05, 0.1) is 0 Å². The maximum absolute atomic E-state index is 11.9. The SMILES string of the molecule is CC(=O)c1cccc(NC(=O)COc2cc(Cl)ccc2C(=O)O)c1. The molecule has 2 aromatic carbocycles. The summed E-state index contributed by atoms with van der Waals surface area (Å²) in [5.74, 6) is -1.79. The zero-order chi connectivity index (χ0) is 17.7. The fraction of sp³-hybridized carbons (Fsp3) is 0.118. The Labute approximate surface area is 143 Å². The number of carboxylic acids is 1. The number of anilines is 1. The minimum absolute atomic E-state index is 0.00244. The molecule has 0 bridgehead atoms. The Morgan fingerprint density at radius 1 is 1.17 bits per heavy atom. The van der Waals surface area contributed by atoms with E-state index in [9.17, 15) is 14.4 Å². The summed E-state index contributed by atoms with van der Waals surface area (Å²) in [5, 5.41) is 12.0. The monoisotopic (exact) mass is 347 g/mol. The molecule has 0 fully saturated rings. The number of nitrogens with one attached hydrogen (secondary N) is 1. The van der Waals surface area contributed by atoms with E-state index in [4.69, 9.17) is 21.4 Å². The summed E-state index contributed by atoms with van der Waals surface area (Å²) < 4.78 is 5.25. The van der Waals surface area contributed by atoms with E-state index in [2.05, 4.69) is 5.32 Å². The van der Waals surface area contributed by atoms with E-state index < -0.39 is 18.5 Å². The number of ether oxygens (including phenoxy) is 1. The highest BCUT2D eigenvalue weighted by atomic mass is 35.5. The Kier molecular flexibility index (Phi) is 5.55. The first-order chi connectivity index (χ1) is 11.4. The minimum atomic E-state index is -1.18.